The highest BCUT2D eigenvalue weighted by atomic mass is 16.1. The summed E-state index contributed by atoms with van der Waals surface area (Å²) in [6.07, 6.45) is 13.9. The molecule has 0 aliphatic rings. The van der Waals surface area contributed by atoms with Crippen molar-refractivity contribution in [1.29, 1.82) is 0 Å². The molecule has 0 aromatic rings. The minimum absolute atomic E-state index is 0.00111. The van der Waals surface area contributed by atoms with Gasteiger partial charge in [0, 0.05) is 11.1 Å². The Balaban J connectivity index is 5.01. The van der Waals surface area contributed by atoms with Gasteiger partial charge in [-0.25, -0.2) is 0 Å². The number of hydrogen-bond donors (Lipinski definition) is 0. The Hall–Kier alpha value is -1.89. The summed E-state index contributed by atoms with van der Waals surface area (Å²) in [5.74, 6) is 0.00111. The fourth-order valence-electron chi connectivity index (χ4n) is 1.12. The molecular weight excluding hydrogens is 196 g/mol. The van der Waals surface area contributed by atoms with E-state index in [0.717, 1.165) is 0 Å². The molecule has 1 nitrogen and oxygen atoms in total. The van der Waals surface area contributed by atoms with Crippen LogP contribution in [0.25, 0.3) is 0 Å². The molecule has 0 aromatic heterocycles. The third-order valence-electron chi connectivity index (χ3n) is 1.97. The Morgan fingerprint density at radius 3 is 1.50 bits per heavy atom. The molecule has 0 aliphatic heterocycles. The van der Waals surface area contributed by atoms with Gasteiger partial charge in [0.25, 0.3) is 0 Å². The van der Waals surface area contributed by atoms with Crippen LogP contribution in [0.3, 0.4) is 0 Å². The molecule has 0 heterocycles. The van der Waals surface area contributed by atoms with E-state index in [1.807, 2.05) is 13.8 Å². The monoisotopic (exact) mass is 214 g/mol. The van der Waals surface area contributed by atoms with E-state index in [-0.39, 0.29) is 5.78 Å². The van der Waals surface area contributed by atoms with Crippen molar-refractivity contribution in [3.8, 4) is 0 Å². The molecule has 84 valence electrons. The molecule has 0 aliphatic carbocycles. The number of rotatable bonds is 6. The highest BCUT2D eigenvalue weighted by molar-refractivity contribution is 6.11. The lowest BCUT2D eigenvalue weighted by atomic mass is 10.0. The summed E-state index contributed by atoms with van der Waals surface area (Å²) < 4.78 is 0. The minimum atomic E-state index is 0.00111. The Labute approximate surface area is 97.9 Å². The molecule has 0 unspecified atom stereocenters. The van der Waals surface area contributed by atoms with E-state index in [4.69, 9.17) is 0 Å². The molecule has 0 rings (SSSR count). The molecule has 0 amide bonds. The van der Waals surface area contributed by atoms with Gasteiger partial charge in [0.2, 0.25) is 0 Å². The van der Waals surface area contributed by atoms with Crippen LogP contribution in [0.1, 0.15) is 13.8 Å². The standard InChI is InChI=1S/C15H18O/c1-5-9-11-13(7-3)15(16)14(8-4)12-10-6-2/h5-12H,1-2H2,3-4H3/b11-9-,12-10-,13-7+,14-8+. The summed E-state index contributed by atoms with van der Waals surface area (Å²) in [6, 6.07) is 0. The van der Waals surface area contributed by atoms with E-state index in [1.165, 1.54) is 0 Å². The summed E-state index contributed by atoms with van der Waals surface area (Å²) in [4.78, 5) is 12.0. The van der Waals surface area contributed by atoms with Gasteiger partial charge in [-0.1, -0.05) is 61.8 Å². The predicted molar refractivity (Wildman–Crippen MR) is 71.2 cm³/mol. The largest absolute Gasteiger partial charge is 0.289 e. The van der Waals surface area contributed by atoms with Crippen molar-refractivity contribution in [2.75, 3.05) is 0 Å². The van der Waals surface area contributed by atoms with Crippen molar-refractivity contribution in [2.45, 2.75) is 13.8 Å². The predicted octanol–water partition coefficient (Wildman–Crippen LogP) is 3.93. The normalized spacial score (nSPS) is 13.4. The van der Waals surface area contributed by atoms with Gasteiger partial charge in [0.05, 0.1) is 0 Å². The molecule has 0 radical (unpaired) electrons. The van der Waals surface area contributed by atoms with Crippen LogP contribution < -0.4 is 0 Å². The van der Waals surface area contributed by atoms with Gasteiger partial charge in [0.1, 0.15) is 0 Å². The van der Waals surface area contributed by atoms with Crippen LogP contribution in [0.2, 0.25) is 0 Å². The van der Waals surface area contributed by atoms with Gasteiger partial charge in [0.15, 0.2) is 5.78 Å². The van der Waals surface area contributed by atoms with E-state index >= 15 is 0 Å². The minimum Gasteiger partial charge on any atom is -0.289 e. The molecule has 0 bridgehead atoms. The van der Waals surface area contributed by atoms with E-state index in [1.54, 1.807) is 48.6 Å². The second kappa shape index (κ2) is 8.42. The van der Waals surface area contributed by atoms with E-state index < -0.39 is 0 Å². The first-order chi connectivity index (χ1) is 7.71. The lowest BCUT2D eigenvalue weighted by Crippen LogP contribution is -2.02. The van der Waals surface area contributed by atoms with Crippen LogP contribution in [0.15, 0.2) is 72.9 Å². The fourth-order valence-corrected chi connectivity index (χ4v) is 1.12. The molecule has 0 spiro atoms. The highest BCUT2D eigenvalue weighted by Gasteiger charge is 2.08. The third kappa shape index (κ3) is 4.56. The van der Waals surface area contributed by atoms with Gasteiger partial charge >= 0.3 is 0 Å². The quantitative estimate of drug-likeness (QED) is 0.483. The lowest BCUT2D eigenvalue weighted by molar-refractivity contribution is -0.111. The molecule has 1 heteroatoms. The highest BCUT2D eigenvalue weighted by Crippen LogP contribution is 2.09. The average molecular weight is 214 g/mol. The maximum Gasteiger partial charge on any atom is 0.192 e. The molecule has 0 saturated heterocycles. The molecule has 0 saturated carbocycles. The van der Waals surface area contributed by atoms with Crippen molar-refractivity contribution < 1.29 is 4.79 Å². The number of ketones is 1. The van der Waals surface area contributed by atoms with E-state index in [9.17, 15) is 4.79 Å². The van der Waals surface area contributed by atoms with E-state index in [2.05, 4.69) is 13.2 Å². The first-order valence-corrected chi connectivity index (χ1v) is 5.16. The number of allylic oxidation sites excluding steroid dienone is 10. The van der Waals surface area contributed by atoms with E-state index in [0.29, 0.717) is 11.1 Å². The van der Waals surface area contributed by atoms with Crippen molar-refractivity contribution in [1.82, 2.24) is 0 Å². The number of hydrogen-bond acceptors (Lipinski definition) is 1. The number of carbonyl (C=O) groups excluding carboxylic acids is 1. The summed E-state index contributed by atoms with van der Waals surface area (Å²) >= 11 is 0. The van der Waals surface area contributed by atoms with Gasteiger partial charge in [-0.15, -0.1) is 0 Å². The summed E-state index contributed by atoms with van der Waals surface area (Å²) in [5, 5.41) is 0. The Morgan fingerprint density at radius 1 is 0.875 bits per heavy atom. The lowest BCUT2D eigenvalue weighted by Gasteiger charge is -2.01. The smallest absolute Gasteiger partial charge is 0.192 e. The Kier molecular flexibility index (Phi) is 7.43. The van der Waals surface area contributed by atoms with Gasteiger partial charge < -0.3 is 0 Å². The Bertz CT molecular complexity index is 340. The number of Topliss-reactive ketones (excluding diaryl/α,β-unsaturated/α-hetero) is 1. The third-order valence-corrected chi connectivity index (χ3v) is 1.97. The second-order valence-corrected chi connectivity index (χ2v) is 3.01. The van der Waals surface area contributed by atoms with Crippen molar-refractivity contribution >= 4 is 5.78 Å². The zero-order valence-corrected chi connectivity index (χ0v) is 9.94. The molecule has 0 atom stereocenters. The van der Waals surface area contributed by atoms with Crippen LogP contribution >= 0.6 is 0 Å². The average Bonchev–Trinajstić information content (AvgIpc) is 2.31. The molecule has 16 heavy (non-hydrogen) atoms. The van der Waals surface area contributed by atoms with Crippen LogP contribution in [-0.4, -0.2) is 5.78 Å². The van der Waals surface area contributed by atoms with Crippen LogP contribution in [0.5, 0.6) is 0 Å². The summed E-state index contributed by atoms with van der Waals surface area (Å²) in [6.45, 7) is 10.8. The molecule has 0 aromatic carbocycles. The number of carbonyl (C=O) groups is 1. The topological polar surface area (TPSA) is 17.1 Å². The Morgan fingerprint density at radius 2 is 1.25 bits per heavy atom. The molecular formula is C15H18O. The maximum atomic E-state index is 12.0. The fraction of sp³-hybridized carbons (Fsp3) is 0.133. The van der Waals surface area contributed by atoms with Gasteiger partial charge in [-0.2, -0.15) is 0 Å². The van der Waals surface area contributed by atoms with Crippen molar-refractivity contribution in [3.63, 3.8) is 0 Å². The zero-order chi connectivity index (χ0) is 12.4. The SMILES string of the molecule is C=C/C=C\C(=C/C)C(=O)C(/C=C\C=C)=C/C. The van der Waals surface area contributed by atoms with Crippen molar-refractivity contribution in [2.24, 2.45) is 0 Å². The maximum absolute atomic E-state index is 12.0. The summed E-state index contributed by atoms with van der Waals surface area (Å²) in [7, 11) is 0. The summed E-state index contributed by atoms with van der Waals surface area (Å²) in [5.41, 5.74) is 1.31. The van der Waals surface area contributed by atoms with Crippen LogP contribution in [-0.2, 0) is 4.79 Å². The zero-order valence-electron chi connectivity index (χ0n) is 9.94. The first-order valence-electron chi connectivity index (χ1n) is 5.16. The molecule has 0 fully saturated rings. The van der Waals surface area contributed by atoms with Crippen molar-refractivity contribution in [3.05, 3.63) is 72.9 Å². The first kappa shape index (κ1) is 14.1. The second-order valence-electron chi connectivity index (χ2n) is 3.01. The van der Waals surface area contributed by atoms with Gasteiger partial charge in [-0.05, 0) is 13.8 Å². The molecule has 0 N–H and O–H groups in total. The van der Waals surface area contributed by atoms with Crippen LogP contribution in [0.4, 0.5) is 0 Å². The van der Waals surface area contributed by atoms with Crippen LogP contribution in [0, 0.1) is 0 Å². The van der Waals surface area contributed by atoms with Gasteiger partial charge in [-0.3, -0.25) is 4.79 Å².